The number of aliphatic hydroxyl groups is 3. The second-order valence-corrected chi connectivity index (χ2v) is 16.1. The molecule has 47 heavy (non-hydrogen) atoms. The summed E-state index contributed by atoms with van der Waals surface area (Å²) in [6, 6.07) is 10.6. The maximum Gasteiger partial charge on any atom is 0.321 e. The van der Waals surface area contributed by atoms with Gasteiger partial charge in [0.05, 0.1) is 16.8 Å². The predicted molar refractivity (Wildman–Crippen MR) is 174 cm³/mol. The molecule has 2 aliphatic heterocycles. The van der Waals surface area contributed by atoms with Gasteiger partial charge in [-0.1, -0.05) is 38.8 Å². The van der Waals surface area contributed by atoms with Crippen LogP contribution in [0.1, 0.15) is 56.6 Å². The van der Waals surface area contributed by atoms with Crippen molar-refractivity contribution in [1.29, 1.82) is 0 Å². The molecular weight excluding hydrogens is 657 g/mol. The second kappa shape index (κ2) is 14.3. The molecule has 0 unspecified atom stereocenters. The molecule has 2 heterocycles. The zero-order valence-corrected chi connectivity index (χ0v) is 28.3. The van der Waals surface area contributed by atoms with Gasteiger partial charge in [0.15, 0.2) is 22.2 Å². The summed E-state index contributed by atoms with van der Waals surface area (Å²) in [5.74, 6) is -2.24. The topological polar surface area (TPSA) is 203 Å². The van der Waals surface area contributed by atoms with E-state index in [9.17, 15) is 41.3 Å². The highest BCUT2D eigenvalue weighted by Gasteiger charge is 2.49. The molecule has 4 rings (SSSR count). The van der Waals surface area contributed by atoms with Crippen molar-refractivity contribution in [2.45, 2.75) is 87.2 Å². The van der Waals surface area contributed by atoms with E-state index in [1.54, 1.807) is 36.4 Å². The van der Waals surface area contributed by atoms with Gasteiger partial charge in [0.1, 0.15) is 24.1 Å². The Morgan fingerprint density at radius 1 is 1.11 bits per heavy atom. The Labute approximate surface area is 274 Å². The van der Waals surface area contributed by atoms with E-state index in [1.807, 2.05) is 32.8 Å². The van der Waals surface area contributed by atoms with Gasteiger partial charge in [-0.05, 0) is 54.3 Å². The molecule has 13 nitrogen and oxygen atoms in total. The molecule has 0 saturated carbocycles. The van der Waals surface area contributed by atoms with E-state index in [0.717, 1.165) is 12.1 Å². The molecule has 2 aromatic carbocycles. The van der Waals surface area contributed by atoms with Gasteiger partial charge in [0, 0.05) is 36.8 Å². The van der Waals surface area contributed by atoms with Crippen LogP contribution in [0.3, 0.4) is 0 Å². The molecule has 0 spiro atoms. The average Bonchev–Trinajstić information content (AvgIpc) is 3.06. The fraction of sp³-hybridized carbons (Fsp3) is 0.581. The van der Waals surface area contributed by atoms with Crippen molar-refractivity contribution in [3.63, 3.8) is 0 Å². The number of amides is 2. The molecule has 8 atom stereocenters. The SMILES string of the molecule is CCCC[C@]1(CC)CS(=O)(=O)c2ccc(N(C)C)cc2[C@@H](c2cccc(NC(=O)N[C@@H]3O[C@H](CS(=O)(=O)O)[C@@H](F)[C@H](O)[C@H]3O)c2)[C@H]1O. The molecule has 2 amide bonds. The van der Waals surface area contributed by atoms with Crippen molar-refractivity contribution in [3.05, 3.63) is 53.6 Å². The molecule has 0 aliphatic carbocycles. The van der Waals surface area contributed by atoms with Gasteiger partial charge in [-0.15, -0.1) is 0 Å². The summed E-state index contributed by atoms with van der Waals surface area (Å²) in [6.45, 7) is 3.87. The number of carbonyl (C=O) groups is 1. The number of sulfone groups is 1. The lowest BCUT2D eigenvalue weighted by atomic mass is 9.69. The number of urea groups is 1. The van der Waals surface area contributed by atoms with Crippen LogP contribution in [0, 0.1) is 5.41 Å². The zero-order valence-electron chi connectivity index (χ0n) is 26.7. The highest BCUT2D eigenvalue weighted by Crippen LogP contribution is 2.49. The van der Waals surface area contributed by atoms with Crippen molar-refractivity contribution in [1.82, 2.24) is 5.32 Å². The first kappa shape index (κ1) is 37.0. The van der Waals surface area contributed by atoms with Crippen LogP contribution in [0.4, 0.5) is 20.6 Å². The number of hydrogen-bond acceptors (Lipinski definition) is 10. The largest absolute Gasteiger partial charge is 0.392 e. The summed E-state index contributed by atoms with van der Waals surface area (Å²) in [6.07, 6.45) is -8.74. The summed E-state index contributed by atoms with van der Waals surface area (Å²) < 4.78 is 79.1. The third-order valence-corrected chi connectivity index (χ3v) is 11.9. The van der Waals surface area contributed by atoms with Crippen LogP contribution in [0.5, 0.6) is 0 Å². The van der Waals surface area contributed by atoms with Gasteiger partial charge in [-0.3, -0.25) is 4.55 Å². The van der Waals surface area contributed by atoms with Crippen LogP contribution < -0.4 is 15.5 Å². The van der Waals surface area contributed by atoms with Crippen molar-refractivity contribution in [3.8, 4) is 0 Å². The number of hydrogen-bond donors (Lipinski definition) is 6. The van der Waals surface area contributed by atoms with Gasteiger partial charge in [0.2, 0.25) is 0 Å². The molecular formula is C31H44FN3O10S2. The average molecular weight is 702 g/mol. The summed E-state index contributed by atoms with van der Waals surface area (Å²) >= 11 is 0. The normalized spacial score (nSPS) is 30.5. The molecule has 1 fully saturated rings. The van der Waals surface area contributed by atoms with E-state index in [1.165, 1.54) is 6.07 Å². The van der Waals surface area contributed by atoms with Gasteiger partial charge >= 0.3 is 6.03 Å². The fourth-order valence-corrected chi connectivity index (χ4v) is 9.43. The number of alkyl halides is 1. The molecule has 2 aromatic rings. The highest BCUT2D eigenvalue weighted by molar-refractivity contribution is 7.91. The highest BCUT2D eigenvalue weighted by atomic mass is 32.2. The summed E-state index contributed by atoms with van der Waals surface area (Å²) in [5, 5.41) is 37.3. The molecule has 6 N–H and O–H groups in total. The monoisotopic (exact) mass is 701 g/mol. The van der Waals surface area contributed by atoms with Crippen LogP contribution in [-0.4, -0.2) is 105 Å². The summed E-state index contributed by atoms with van der Waals surface area (Å²) in [4.78, 5) is 15.0. The van der Waals surface area contributed by atoms with E-state index in [4.69, 9.17) is 9.29 Å². The van der Waals surface area contributed by atoms with Crippen molar-refractivity contribution < 1.29 is 50.6 Å². The number of anilines is 2. The number of fused-ring (bicyclic) bond motifs is 1. The van der Waals surface area contributed by atoms with Crippen LogP contribution in [0.2, 0.25) is 0 Å². The molecule has 16 heteroatoms. The number of halogens is 1. The minimum atomic E-state index is -4.72. The van der Waals surface area contributed by atoms with Crippen LogP contribution in [0.15, 0.2) is 47.4 Å². The fourth-order valence-electron chi connectivity index (χ4n) is 6.50. The Hall–Kier alpha value is -2.86. The second-order valence-electron chi connectivity index (χ2n) is 12.6. The van der Waals surface area contributed by atoms with Gasteiger partial charge in [0.25, 0.3) is 10.1 Å². The van der Waals surface area contributed by atoms with Crippen molar-refractivity contribution >= 4 is 37.4 Å². The first-order valence-corrected chi connectivity index (χ1v) is 18.7. The lowest BCUT2D eigenvalue weighted by Crippen LogP contribution is -2.62. The standard InChI is InChI=1S/C31H44FN3O10S2/c1-5-7-13-31(6-2)17-46(40,41)23-12-11-20(35(3)4)15-21(23)24(28(31)38)18-9-8-10-19(14-18)33-30(39)34-29-27(37)26(36)25(32)22(45-29)16-47(42,43)44/h8-12,14-15,22,24-29,36-38H,5-7,13,16-17H2,1-4H3,(H2,33,34,39)(H,42,43,44)/t22-,24-,25-,26+,27-,28-,29-,31-/m1/s1. The van der Waals surface area contributed by atoms with Gasteiger partial charge < -0.3 is 35.6 Å². The van der Waals surface area contributed by atoms with Crippen LogP contribution in [0.25, 0.3) is 0 Å². The number of nitrogens with one attached hydrogen (secondary N) is 2. The van der Waals surface area contributed by atoms with Crippen molar-refractivity contribution in [2.24, 2.45) is 5.41 Å². The first-order valence-electron chi connectivity index (χ1n) is 15.4. The Morgan fingerprint density at radius 2 is 1.81 bits per heavy atom. The molecule has 2 aliphatic rings. The molecule has 262 valence electrons. The van der Waals surface area contributed by atoms with E-state index < -0.39 is 79.9 Å². The Morgan fingerprint density at radius 3 is 2.43 bits per heavy atom. The quantitative estimate of drug-likeness (QED) is 0.199. The lowest BCUT2D eigenvalue weighted by Gasteiger charge is -2.39. The van der Waals surface area contributed by atoms with Gasteiger partial charge in [-0.2, -0.15) is 8.42 Å². The number of benzene rings is 2. The first-order chi connectivity index (χ1) is 21.9. The molecule has 0 aromatic heterocycles. The number of aliphatic hydroxyl groups excluding tert-OH is 3. The number of unbranched alkanes of at least 4 members (excludes halogenated alkanes) is 1. The Kier molecular flexibility index (Phi) is 11.3. The number of ether oxygens (including phenoxy) is 1. The van der Waals surface area contributed by atoms with E-state index in [-0.39, 0.29) is 16.3 Å². The Balaban J connectivity index is 1.69. The van der Waals surface area contributed by atoms with E-state index >= 15 is 0 Å². The number of rotatable bonds is 10. The maximum atomic E-state index is 14.4. The number of nitrogens with zero attached hydrogens (tertiary/aromatic N) is 1. The molecule has 1 saturated heterocycles. The minimum absolute atomic E-state index is 0.127. The third-order valence-electron chi connectivity index (χ3n) is 9.15. The predicted octanol–water partition coefficient (Wildman–Crippen LogP) is 2.41. The van der Waals surface area contributed by atoms with Crippen molar-refractivity contribution in [2.75, 3.05) is 35.8 Å². The third kappa shape index (κ3) is 8.07. The summed E-state index contributed by atoms with van der Waals surface area (Å²) in [5.41, 5.74) is 0.939. The van der Waals surface area contributed by atoms with Crippen LogP contribution >= 0.6 is 0 Å². The lowest BCUT2D eigenvalue weighted by molar-refractivity contribution is -0.202. The maximum absolute atomic E-state index is 14.4. The van der Waals surface area contributed by atoms with Gasteiger partial charge in [-0.25, -0.2) is 17.6 Å². The van der Waals surface area contributed by atoms with Crippen LogP contribution in [-0.2, 0) is 24.7 Å². The molecule has 0 radical (unpaired) electrons. The zero-order chi connectivity index (χ0) is 34.9. The minimum Gasteiger partial charge on any atom is -0.392 e. The van der Waals surface area contributed by atoms with E-state index in [0.29, 0.717) is 30.4 Å². The summed E-state index contributed by atoms with van der Waals surface area (Å²) in [7, 11) is -4.89. The smallest absolute Gasteiger partial charge is 0.321 e. The number of carbonyl (C=O) groups excluding carboxylic acids is 1. The molecule has 0 bridgehead atoms. The van der Waals surface area contributed by atoms with E-state index in [2.05, 4.69) is 10.6 Å². The Bertz CT molecular complexity index is 1660.